The Labute approximate surface area is 128 Å². The standard InChI is InChI=1S/C14H11BrFNO4/c1-8(18)9-2-4-14(12(6-9)17(19)20)21-13-5-3-10(16)7-11(13)15/h2-8,18H,1H3. The van der Waals surface area contributed by atoms with E-state index >= 15 is 0 Å². The van der Waals surface area contributed by atoms with Crippen molar-refractivity contribution in [2.45, 2.75) is 13.0 Å². The van der Waals surface area contributed by atoms with Crippen molar-refractivity contribution in [3.05, 3.63) is 62.4 Å². The lowest BCUT2D eigenvalue weighted by atomic mass is 10.1. The summed E-state index contributed by atoms with van der Waals surface area (Å²) in [4.78, 5) is 10.5. The van der Waals surface area contributed by atoms with Gasteiger partial charge in [0, 0.05) is 6.07 Å². The molecule has 0 aliphatic rings. The van der Waals surface area contributed by atoms with E-state index in [1.54, 1.807) is 0 Å². The maximum Gasteiger partial charge on any atom is 0.311 e. The highest BCUT2D eigenvalue weighted by atomic mass is 79.9. The molecule has 1 N–H and O–H groups in total. The summed E-state index contributed by atoms with van der Waals surface area (Å²) in [6.07, 6.45) is -0.824. The minimum Gasteiger partial charge on any atom is -0.449 e. The average Bonchev–Trinajstić information content (AvgIpc) is 2.41. The lowest BCUT2D eigenvalue weighted by Gasteiger charge is -2.10. The van der Waals surface area contributed by atoms with Gasteiger partial charge in [-0.25, -0.2) is 4.39 Å². The summed E-state index contributed by atoms with van der Waals surface area (Å²) in [5, 5.41) is 20.6. The normalized spacial score (nSPS) is 12.0. The first-order valence-corrected chi connectivity index (χ1v) is 6.77. The lowest BCUT2D eigenvalue weighted by Crippen LogP contribution is -1.98. The molecule has 0 saturated carbocycles. The second-order valence-electron chi connectivity index (χ2n) is 4.34. The van der Waals surface area contributed by atoms with E-state index in [4.69, 9.17) is 4.74 Å². The number of hydrogen-bond donors (Lipinski definition) is 1. The second kappa shape index (κ2) is 6.19. The van der Waals surface area contributed by atoms with Crippen LogP contribution in [0.15, 0.2) is 40.9 Å². The van der Waals surface area contributed by atoms with Gasteiger partial charge in [-0.1, -0.05) is 6.07 Å². The van der Waals surface area contributed by atoms with E-state index in [2.05, 4.69) is 15.9 Å². The first-order valence-electron chi connectivity index (χ1n) is 5.98. The number of aliphatic hydroxyl groups excluding tert-OH is 1. The van der Waals surface area contributed by atoms with Crippen molar-refractivity contribution in [3.63, 3.8) is 0 Å². The molecular weight excluding hydrogens is 345 g/mol. The summed E-state index contributed by atoms with van der Waals surface area (Å²) in [5.74, 6) is -0.186. The zero-order valence-electron chi connectivity index (χ0n) is 10.9. The molecule has 0 saturated heterocycles. The number of ether oxygens (including phenoxy) is 1. The molecule has 1 atom stereocenters. The van der Waals surface area contributed by atoms with E-state index in [0.717, 1.165) is 0 Å². The molecule has 0 amide bonds. The summed E-state index contributed by atoms with van der Waals surface area (Å²) >= 11 is 3.13. The van der Waals surface area contributed by atoms with Crippen molar-refractivity contribution in [2.24, 2.45) is 0 Å². The summed E-state index contributed by atoms with van der Waals surface area (Å²) in [5.41, 5.74) is 0.136. The van der Waals surface area contributed by atoms with E-state index < -0.39 is 16.8 Å². The molecule has 0 aliphatic carbocycles. The number of rotatable bonds is 4. The van der Waals surface area contributed by atoms with Crippen LogP contribution in [-0.4, -0.2) is 10.0 Å². The average molecular weight is 356 g/mol. The van der Waals surface area contributed by atoms with Crippen molar-refractivity contribution < 1.29 is 19.2 Å². The third-order valence-corrected chi connectivity index (χ3v) is 3.40. The molecule has 0 heterocycles. The third-order valence-electron chi connectivity index (χ3n) is 2.78. The van der Waals surface area contributed by atoms with Gasteiger partial charge >= 0.3 is 5.69 Å². The quantitative estimate of drug-likeness (QED) is 0.653. The fourth-order valence-electron chi connectivity index (χ4n) is 1.70. The molecule has 0 spiro atoms. The number of nitro benzene ring substituents is 1. The predicted octanol–water partition coefficient (Wildman–Crippen LogP) is 4.34. The predicted molar refractivity (Wildman–Crippen MR) is 77.9 cm³/mol. The van der Waals surface area contributed by atoms with Crippen LogP contribution in [-0.2, 0) is 0 Å². The van der Waals surface area contributed by atoms with Crippen molar-refractivity contribution in [2.75, 3.05) is 0 Å². The summed E-state index contributed by atoms with van der Waals surface area (Å²) in [6.45, 7) is 1.51. The van der Waals surface area contributed by atoms with Crippen LogP contribution in [0.5, 0.6) is 11.5 Å². The van der Waals surface area contributed by atoms with Crippen LogP contribution in [0.4, 0.5) is 10.1 Å². The van der Waals surface area contributed by atoms with Crippen LogP contribution in [0.1, 0.15) is 18.6 Å². The minimum absolute atomic E-state index is 0.0108. The first kappa shape index (κ1) is 15.4. The Morgan fingerprint density at radius 1 is 1.29 bits per heavy atom. The molecule has 2 aromatic carbocycles. The fourth-order valence-corrected chi connectivity index (χ4v) is 2.13. The van der Waals surface area contributed by atoms with Gasteiger partial charge in [-0.05, 0) is 52.7 Å². The van der Waals surface area contributed by atoms with Crippen LogP contribution >= 0.6 is 15.9 Å². The number of hydrogen-bond acceptors (Lipinski definition) is 4. The van der Waals surface area contributed by atoms with Crippen LogP contribution in [0.2, 0.25) is 0 Å². The molecular formula is C14H11BrFNO4. The smallest absolute Gasteiger partial charge is 0.311 e. The van der Waals surface area contributed by atoms with Gasteiger partial charge in [0.25, 0.3) is 0 Å². The van der Waals surface area contributed by atoms with E-state index in [1.165, 1.54) is 43.3 Å². The highest BCUT2D eigenvalue weighted by molar-refractivity contribution is 9.10. The molecule has 110 valence electrons. The highest BCUT2D eigenvalue weighted by Crippen LogP contribution is 2.36. The molecule has 2 aromatic rings. The fraction of sp³-hybridized carbons (Fsp3) is 0.143. The Hall–Kier alpha value is -1.99. The molecule has 0 radical (unpaired) electrons. The van der Waals surface area contributed by atoms with Gasteiger partial charge in [-0.2, -0.15) is 0 Å². The molecule has 1 unspecified atom stereocenters. The Morgan fingerprint density at radius 3 is 2.52 bits per heavy atom. The van der Waals surface area contributed by atoms with Gasteiger partial charge in [0.15, 0.2) is 0 Å². The Kier molecular flexibility index (Phi) is 4.54. The zero-order chi connectivity index (χ0) is 15.6. The van der Waals surface area contributed by atoms with E-state index in [0.29, 0.717) is 10.0 Å². The maximum absolute atomic E-state index is 13.0. The molecule has 0 fully saturated rings. The molecule has 7 heteroatoms. The summed E-state index contributed by atoms with van der Waals surface area (Å²) < 4.78 is 18.8. The summed E-state index contributed by atoms with van der Waals surface area (Å²) in [7, 11) is 0. The van der Waals surface area contributed by atoms with Crippen LogP contribution in [0, 0.1) is 15.9 Å². The number of halogens is 2. The maximum atomic E-state index is 13.0. The minimum atomic E-state index is -0.824. The molecule has 21 heavy (non-hydrogen) atoms. The number of benzene rings is 2. The molecule has 0 aliphatic heterocycles. The Bertz CT molecular complexity index is 691. The van der Waals surface area contributed by atoms with Crippen molar-refractivity contribution in [1.29, 1.82) is 0 Å². The Balaban J connectivity index is 2.41. The first-order chi connectivity index (χ1) is 9.88. The monoisotopic (exact) mass is 355 g/mol. The van der Waals surface area contributed by atoms with E-state index in [1.807, 2.05) is 0 Å². The lowest BCUT2D eigenvalue weighted by molar-refractivity contribution is -0.385. The number of nitro groups is 1. The van der Waals surface area contributed by atoms with Crippen molar-refractivity contribution in [3.8, 4) is 11.5 Å². The van der Waals surface area contributed by atoms with Gasteiger partial charge in [0.1, 0.15) is 11.6 Å². The number of nitrogens with zero attached hydrogens (tertiary/aromatic N) is 1. The topological polar surface area (TPSA) is 72.6 Å². The SMILES string of the molecule is CC(O)c1ccc(Oc2ccc(F)cc2Br)c([N+](=O)[O-])c1. The van der Waals surface area contributed by atoms with Crippen molar-refractivity contribution >= 4 is 21.6 Å². The van der Waals surface area contributed by atoms with Crippen LogP contribution in [0.25, 0.3) is 0 Å². The molecule has 0 bridgehead atoms. The van der Waals surface area contributed by atoms with Crippen LogP contribution < -0.4 is 4.74 Å². The van der Waals surface area contributed by atoms with Gasteiger partial charge in [-0.3, -0.25) is 10.1 Å². The zero-order valence-corrected chi connectivity index (χ0v) is 12.5. The highest BCUT2D eigenvalue weighted by Gasteiger charge is 2.19. The van der Waals surface area contributed by atoms with Crippen LogP contribution in [0.3, 0.4) is 0 Å². The molecule has 5 nitrogen and oxygen atoms in total. The third kappa shape index (κ3) is 3.56. The summed E-state index contributed by atoms with van der Waals surface area (Å²) in [6, 6.07) is 7.94. The van der Waals surface area contributed by atoms with E-state index in [9.17, 15) is 19.6 Å². The van der Waals surface area contributed by atoms with Gasteiger partial charge in [0.05, 0.1) is 15.5 Å². The molecule has 0 aromatic heterocycles. The number of aliphatic hydroxyl groups is 1. The van der Waals surface area contributed by atoms with Gasteiger partial charge in [0.2, 0.25) is 5.75 Å². The Morgan fingerprint density at radius 2 is 1.95 bits per heavy atom. The van der Waals surface area contributed by atoms with Crippen molar-refractivity contribution in [1.82, 2.24) is 0 Å². The van der Waals surface area contributed by atoms with Gasteiger partial charge < -0.3 is 9.84 Å². The molecule has 2 rings (SSSR count). The van der Waals surface area contributed by atoms with Gasteiger partial charge in [-0.15, -0.1) is 0 Å². The second-order valence-corrected chi connectivity index (χ2v) is 5.19. The largest absolute Gasteiger partial charge is 0.449 e. The van der Waals surface area contributed by atoms with E-state index in [-0.39, 0.29) is 17.2 Å².